The maximum absolute atomic E-state index is 11.8. The largest absolute Gasteiger partial charge is 0.464 e. The third-order valence-electron chi connectivity index (χ3n) is 3.62. The first-order valence-corrected chi connectivity index (χ1v) is 6.44. The molecule has 3 rings (SSSR count). The number of fused-ring (bicyclic) bond motifs is 3. The summed E-state index contributed by atoms with van der Waals surface area (Å²) in [4.78, 5) is 25.2. The minimum Gasteiger partial charge on any atom is -0.464 e. The van der Waals surface area contributed by atoms with Crippen LogP contribution in [0.25, 0.3) is 0 Å². The highest BCUT2D eigenvalue weighted by Gasteiger charge is 2.39. The molecule has 0 spiro atoms. The van der Waals surface area contributed by atoms with Crippen molar-refractivity contribution >= 4 is 29.0 Å². The third kappa shape index (κ3) is 1.84. The minimum atomic E-state index is -0.411. The standard InChI is InChI=1S/C14H15N3O3/c1-9(18)16-8-10-7-11(14(19)20-2)15-17(10)13-6-4-3-5-12(13)16/h3-6,10H,7-8H2,1-2H3. The number of rotatable bonds is 1. The minimum absolute atomic E-state index is 0.0105. The van der Waals surface area contributed by atoms with E-state index in [2.05, 4.69) is 5.10 Å². The number of hydrogen-bond acceptors (Lipinski definition) is 5. The number of ether oxygens (including phenoxy) is 1. The van der Waals surface area contributed by atoms with Crippen LogP contribution in [0.2, 0.25) is 0 Å². The van der Waals surface area contributed by atoms with Gasteiger partial charge in [0.1, 0.15) is 5.71 Å². The Bertz CT molecular complexity index is 611. The molecule has 6 heteroatoms. The molecule has 2 heterocycles. The van der Waals surface area contributed by atoms with Gasteiger partial charge in [0.05, 0.1) is 24.5 Å². The topological polar surface area (TPSA) is 62.2 Å². The Morgan fingerprint density at radius 2 is 2.00 bits per heavy atom. The Hall–Kier alpha value is -2.37. The SMILES string of the molecule is COC(=O)C1=NN2c3ccccc3N(C(C)=O)CC2C1. The summed E-state index contributed by atoms with van der Waals surface area (Å²) in [7, 11) is 1.35. The van der Waals surface area contributed by atoms with Crippen molar-refractivity contribution in [1.29, 1.82) is 0 Å². The molecule has 2 aliphatic rings. The van der Waals surface area contributed by atoms with Gasteiger partial charge in [0.15, 0.2) is 0 Å². The van der Waals surface area contributed by atoms with Crippen molar-refractivity contribution in [2.45, 2.75) is 19.4 Å². The molecule has 2 aliphatic heterocycles. The molecule has 20 heavy (non-hydrogen) atoms. The monoisotopic (exact) mass is 273 g/mol. The molecule has 0 saturated carbocycles. The second-order valence-electron chi connectivity index (χ2n) is 4.86. The Morgan fingerprint density at radius 3 is 2.65 bits per heavy atom. The van der Waals surface area contributed by atoms with Crippen LogP contribution in [-0.2, 0) is 14.3 Å². The zero-order valence-electron chi connectivity index (χ0n) is 11.4. The fourth-order valence-electron chi connectivity index (χ4n) is 2.69. The quantitative estimate of drug-likeness (QED) is 0.720. The molecule has 0 aliphatic carbocycles. The average Bonchev–Trinajstić information content (AvgIpc) is 2.89. The Balaban J connectivity index is 2.02. The van der Waals surface area contributed by atoms with Crippen LogP contribution in [0.5, 0.6) is 0 Å². The van der Waals surface area contributed by atoms with Gasteiger partial charge in [-0.1, -0.05) is 12.1 Å². The van der Waals surface area contributed by atoms with Crippen LogP contribution in [0.15, 0.2) is 29.4 Å². The summed E-state index contributed by atoms with van der Waals surface area (Å²) in [5.74, 6) is -0.421. The predicted molar refractivity (Wildman–Crippen MR) is 74.8 cm³/mol. The molecule has 1 aromatic carbocycles. The van der Waals surface area contributed by atoms with Gasteiger partial charge >= 0.3 is 5.97 Å². The number of benzene rings is 1. The summed E-state index contributed by atoms with van der Waals surface area (Å²) in [5.41, 5.74) is 2.07. The number of methoxy groups -OCH3 is 1. The van der Waals surface area contributed by atoms with Gasteiger partial charge in [0.2, 0.25) is 5.91 Å². The first-order valence-electron chi connectivity index (χ1n) is 6.44. The van der Waals surface area contributed by atoms with E-state index in [1.54, 1.807) is 11.8 Å². The molecule has 1 atom stereocenters. The van der Waals surface area contributed by atoms with Crippen LogP contribution in [-0.4, -0.2) is 37.3 Å². The highest BCUT2D eigenvalue weighted by Crippen LogP contribution is 2.38. The van der Waals surface area contributed by atoms with Gasteiger partial charge in [-0.15, -0.1) is 0 Å². The normalized spacial score (nSPS) is 20.1. The Morgan fingerprint density at radius 1 is 1.30 bits per heavy atom. The van der Waals surface area contributed by atoms with E-state index in [0.717, 1.165) is 11.4 Å². The van der Waals surface area contributed by atoms with E-state index in [1.807, 2.05) is 29.3 Å². The van der Waals surface area contributed by atoms with Crippen LogP contribution < -0.4 is 9.91 Å². The van der Waals surface area contributed by atoms with E-state index in [-0.39, 0.29) is 11.9 Å². The van der Waals surface area contributed by atoms with Gasteiger partial charge in [-0.25, -0.2) is 4.79 Å². The molecule has 0 saturated heterocycles. The number of nitrogens with zero attached hydrogens (tertiary/aromatic N) is 3. The number of para-hydroxylation sites is 2. The second-order valence-corrected chi connectivity index (χ2v) is 4.86. The molecule has 0 N–H and O–H groups in total. The van der Waals surface area contributed by atoms with Crippen molar-refractivity contribution in [1.82, 2.24) is 0 Å². The maximum Gasteiger partial charge on any atom is 0.354 e. The molecule has 0 radical (unpaired) electrons. The lowest BCUT2D eigenvalue weighted by Gasteiger charge is -2.37. The fourth-order valence-corrected chi connectivity index (χ4v) is 2.69. The van der Waals surface area contributed by atoms with Gasteiger partial charge in [0, 0.05) is 19.9 Å². The zero-order valence-corrected chi connectivity index (χ0v) is 11.4. The molecule has 1 amide bonds. The molecule has 0 bridgehead atoms. The summed E-state index contributed by atoms with van der Waals surface area (Å²) in [6, 6.07) is 7.56. The number of amides is 1. The van der Waals surface area contributed by atoms with Crippen LogP contribution in [0.1, 0.15) is 13.3 Å². The summed E-state index contributed by atoms with van der Waals surface area (Å²) >= 11 is 0. The number of hydrazone groups is 1. The molecular weight excluding hydrogens is 258 g/mol. The predicted octanol–water partition coefficient (Wildman–Crippen LogP) is 1.16. The van der Waals surface area contributed by atoms with Crippen molar-refractivity contribution < 1.29 is 14.3 Å². The zero-order chi connectivity index (χ0) is 14.3. The van der Waals surface area contributed by atoms with Gasteiger partial charge in [0.25, 0.3) is 0 Å². The number of hydrogen-bond donors (Lipinski definition) is 0. The van der Waals surface area contributed by atoms with E-state index in [1.165, 1.54) is 7.11 Å². The van der Waals surface area contributed by atoms with E-state index < -0.39 is 5.97 Å². The maximum atomic E-state index is 11.8. The Labute approximate surface area is 116 Å². The summed E-state index contributed by atoms with van der Waals surface area (Å²) in [6.45, 7) is 2.07. The second kappa shape index (κ2) is 4.63. The first-order chi connectivity index (χ1) is 9.61. The van der Waals surface area contributed by atoms with Crippen LogP contribution in [0, 0.1) is 0 Å². The molecular formula is C14H15N3O3. The molecule has 1 unspecified atom stereocenters. The highest BCUT2D eigenvalue weighted by molar-refractivity contribution is 6.37. The summed E-state index contributed by atoms with van der Waals surface area (Å²) in [6.07, 6.45) is 0.491. The average molecular weight is 273 g/mol. The molecule has 1 aromatic rings. The van der Waals surface area contributed by atoms with Gasteiger partial charge in [-0.2, -0.15) is 5.10 Å². The number of anilines is 2. The van der Waals surface area contributed by atoms with E-state index in [9.17, 15) is 9.59 Å². The smallest absolute Gasteiger partial charge is 0.354 e. The molecule has 0 fully saturated rings. The van der Waals surface area contributed by atoms with Crippen LogP contribution >= 0.6 is 0 Å². The van der Waals surface area contributed by atoms with Crippen molar-refractivity contribution in [3.63, 3.8) is 0 Å². The highest BCUT2D eigenvalue weighted by atomic mass is 16.5. The first kappa shape index (κ1) is 12.7. The van der Waals surface area contributed by atoms with Crippen LogP contribution in [0.3, 0.4) is 0 Å². The summed E-state index contributed by atoms with van der Waals surface area (Å²) < 4.78 is 4.73. The fraction of sp³-hybridized carbons (Fsp3) is 0.357. The van der Waals surface area contributed by atoms with Gasteiger partial charge in [-0.3, -0.25) is 9.80 Å². The number of carbonyl (C=O) groups excluding carboxylic acids is 2. The third-order valence-corrected chi connectivity index (χ3v) is 3.62. The number of esters is 1. The Kier molecular flexibility index (Phi) is 2.93. The van der Waals surface area contributed by atoms with Crippen molar-refractivity contribution in [2.75, 3.05) is 23.6 Å². The van der Waals surface area contributed by atoms with E-state index >= 15 is 0 Å². The van der Waals surface area contributed by atoms with Crippen molar-refractivity contribution in [3.8, 4) is 0 Å². The van der Waals surface area contributed by atoms with Gasteiger partial charge < -0.3 is 9.64 Å². The lowest BCUT2D eigenvalue weighted by atomic mass is 10.1. The van der Waals surface area contributed by atoms with Crippen molar-refractivity contribution in [2.24, 2.45) is 5.10 Å². The van der Waals surface area contributed by atoms with Gasteiger partial charge in [-0.05, 0) is 12.1 Å². The lowest BCUT2D eigenvalue weighted by Crippen LogP contribution is -2.46. The molecule has 6 nitrogen and oxygen atoms in total. The molecule has 104 valence electrons. The molecule has 0 aromatic heterocycles. The summed E-state index contributed by atoms with van der Waals surface area (Å²) in [5, 5.41) is 6.17. The van der Waals surface area contributed by atoms with Crippen LogP contribution in [0.4, 0.5) is 11.4 Å². The van der Waals surface area contributed by atoms with E-state index in [0.29, 0.717) is 18.7 Å². The van der Waals surface area contributed by atoms with E-state index in [4.69, 9.17) is 4.74 Å². The van der Waals surface area contributed by atoms with Crippen molar-refractivity contribution in [3.05, 3.63) is 24.3 Å². The lowest BCUT2D eigenvalue weighted by molar-refractivity contribution is -0.132. The number of carbonyl (C=O) groups is 2.